The van der Waals surface area contributed by atoms with Gasteiger partial charge in [0.2, 0.25) is 5.91 Å². The molecule has 0 aromatic carbocycles. The Morgan fingerprint density at radius 2 is 2.10 bits per heavy atom. The van der Waals surface area contributed by atoms with E-state index in [-0.39, 0.29) is 24.0 Å². The summed E-state index contributed by atoms with van der Waals surface area (Å²) in [5.41, 5.74) is 0. The van der Waals surface area contributed by atoms with E-state index in [9.17, 15) is 9.90 Å². The molecule has 1 amide bonds. The first-order valence-electron chi connectivity index (χ1n) is 8.07. The van der Waals surface area contributed by atoms with E-state index in [0.717, 1.165) is 38.6 Å². The normalized spacial score (nSPS) is 29.8. The van der Waals surface area contributed by atoms with Crippen molar-refractivity contribution >= 4 is 5.91 Å². The fourth-order valence-corrected chi connectivity index (χ4v) is 3.84. The van der Waals surface area contributed by atoms with Gasteiger partial charge in [0.1, 0.15) is 0 Å². The van der Waals surface area contributed by atoms with E-state index in [1.165, 1.54) is 6.42 Å². The van der Waals surface area contributed by atoms with Gasteiger partial charge in [-0.05, 0) is 25.7 Å². The van der Waals surface area contributed by atoms with Gasteiger partial charge in [0.25, 0.3) is 0 Å². The third kappa shape index (κ3) is 3.26. The van der Waals surface area contributed by atoms with Gasteiger partial charge in [-0.3, -0.25) is 9.48 Å². The number of amides is 1. The van der Waals surface area contributed by atoms with Gasteiger partial charge in [0.05, 0.1) is 18.8 Å². The average Bonchev–Trinajstić information content (AvgIpc) is 3.16. The molecule has 1 aliphatic heterocycles. The highest BCUT2D eigenvalue weighted by Gasteiger charge is 2.38. The van der Waals surface area contributed by atoms with Crippen molar-refractivity contribution < 1.29 is 9.90 Å². The number of carbonyl (C=O) groups excluding carboxylic acids is 1. The van der Waals surface area contributed by atoms with Gasteiger partial charge in [-0.15, -0.1) is 5.10 Å². The molecule has 3 rings (SSSR count). The van der Waals surface area contributed by atoms with Crippen LogP contribution in [0.25, 0.3) is 0 Å². The van der Waals surface area contributed by atoms with Crippen molar-refractivity contribution in [3.05, 3.63) is 12.4 Å². The molecule has 1 aromatic rings. The van der Waals surface area contributed by atoms with E-state index in [0.29, 0.717) is 13.0 Å². The Morgan fingerprint density at radius 3 is 2.86 bits per heavy atom. The van der Waals surface area contributed by atoms with E-state index >= 15 is 0 Å². The summed E-state index contributed by atoms with van der Waals surface area (Å²) in [6.45, 7) is 1.42. The summed E-state index contributed by atoms with van der Waals surface area (Å²) >= 11 is 0. The predicted octanol–water partition coefficient (Wildman–Crippen LogP) is 1.21. The molecule has 6 nitrogen and oxygen atoms in total. The van der Waals surface area contributed by atoms with Crippen molar-refractivity contribution in [1.82, 2.24) is 19.9 Å². The highest BCUT2D eigenvalue weighted by Crippen LogP contribution is 2.34. The highest BCUT2D eigenvalue weighted by atomic mass is 16.3. The monoisotopic (exact) mass is 292 g/mol. The number of aromatic nitrogens is 3. The number of rotatable bonds is 4. The number of hydrogen-bond acceptors (Lipinski definition) is 4. The first-order chi connectivity index (χ1) is 10.3. The first-order valence-corrected chi connectivity index (χ1v) is 8.07. The number of hydrogen-bond donors (Lipinski definition) is 1. The van der Waals surface area contributed by atoms with Gasteiger partial charge < -0.3 is 10.0 Å². The lowest BCUT2D eigenvalue weighted by Gasteiger charge is -2.37. The zero-order valence-electron chi connectivity index (χ0n) is 12.4. The second kappa shape index (κ2) is 6.56. The molecule has 2 fully saturated rings. The van der Waals surface area contributed by atoms with Crippen LogP contribution in [0.5, 0.6) is 0 Å². The molecule has 1 aliphatic carbocycles. The zero-order valence-corrected chi connectivity index (χ0v) is 12.4. The van der Waals surface area contributed by atoms with Crippen molar-refractivity contribution in [2.24, 2.45) is 5.92 Å². The Balaban J connectivity index is 1.59. The van der Waals surface area contributed by atoms with Crippen molar-refractivity contribution in [3.8, 4) is 0 Å². The van der Waals surface area contributed by atoms with Gasteiger partial charge in [0.15, 0.2) is 0 Å². The SMILES string of the molecule is O=C(CCn1ccnn1)N1CCC[C@@H]1[C@H]1CCCC[C@@H]1O. The second-order valence-corrected chi connectivity index (χ2v) is 6.23. The summed E-state index contributed by atoms with van der Waals surface area (Å²) in [6, 6.07) is 0.239. The predicted molar refractivity (Wildman–Crippen MR) is 77.3 cm³/mol. The number of aryl methyl sites for hydroxylation is 1. The minimum atomic E-state index is -0.229. The first kappa shape index (κ1) is 14.5. The lowest BCUT2D eigenvalue weighted by molar-refractivity contribution is -0.134. The van der Waals surface area contributed by atoms with Crippen LogP contribution in [-0.4, -0.2) is 49.6 Å². The maximum Gasteiger partial charge on any atom is 0.224 e. The zero-order chi connectivity index (χ0) is 14.7. The van der Waals surface area contributed by atoms with Gasteiger partial charge in [0, 0.05) is 31.1 Å². The number of carbonyl (C=O) groups is 1. The van der Waals surface area contributed by atoms with Crippen LogP contribution in [-0.2, 0) is 11.3 Å². The fourth-order valence-electron chi connectivity index (χ4n) is 3.84. The highest BCUT2D eigenvalue weighted by molar-refractivity contribution is 5.76. The molecule has 1 saturated heterocycles. The molecule has 0 spiro atoms. The molecule has 21 heavy (non-hydrogen) atoms. The molecule has 116 valence electrons. The third-order valence-corrected chi connectivity index (χ3v) is 4.92. The van der Waals surface area contributed by atoms with Crippen LogP contribution in [0, 0.1) is 5.92 Å². The molecule has 0 bridgehead atoms. The van der Waals surface area contributed by atoms with Crippen LogP contribution in [0.3, 0.4) is 0 Å². The summed E-state index contributed by atoms with van der Waals surface area (Å²) in [6.07, 6.45) is 9.97. The lowest BCUT2D eigenvalue weighted by atomic mass is 9.80. The maximum absolute atomic E-state index is 12.5. The number of aliphatic hydroxyl groups excluding tert-OH is 1. The Kier molecular flexibility index (Phi) is 4.53. The van der Waals surface area contributed by atoms with Gasteiger partial charge in [-0.2, -0.15) is 0 Å². The summed E-state index contributed by atoms with van der Waals surface area (Å²) < 4.78 is 1.69. The maximum atomic E-state index is 12.5. The Hall–Kier alpha value is -1.43. The third-order valence-electron chi connectivity index (χ3n) is 4.92. The number of likely N-dealkylation sites (tertiary alicyclic amines) is 1. The minimum Gasteiger partial charge on any atom is -0.393 e. The van der Waals surface area contributed by atoms with Gasteiger partial charge in [-0.1, -0.05) is 18.1 Å². The largest absolute Gasteiger partial charge is 0.393 e. The standard InChI is InChI=1S/C15H24N4O2/c20-14-6-2-1-4-12(14)13-5-3-9-19(13)15(21)7-10-18-11-8-16-17-18/h8,11-14,20H,1-7,9-10H2/t12-,13-,14+/m1/s1. The van der Waals surface area contributed by atoms with Crippen molar-refractivity contribution in [1.29, 1.82) is 0 Å². The molecule has 6 heteroatoms. The molecular formula is C15H24N4O2. The van der Waals surface area contributed by atoms with Crippen molar-refractivity contribution in [3.63, 3.8) is 0 Å². The van der Waals surface area contributed by atoms with Gasteiger partial charge in [-0.25, -0.2) is 0 Å². The van der Waals surface area contributed by atoms with Crippen LogP contribution in [0.4, 0.5) is 0 Å². The minimum absolute atomic E-state index is 0.186. The average molecular weight is 292 g/mol. The molecule has 1 saturated carbocycles. The van der Waals surface area contributed by atoms with Crippen LogP contribution >= 0.6 is 0 Å². The molecule has 2 heterocycles. The molecule has 0 unspecified atom stereocenters. The Labute approximate surface area is 125 Å². The number of nitrogens with zero attached hydrogens (tertiary/aromatic N) is 4. The quantitative estimate of drug-likeness (QED) is 0.905. The summed E-state index contributed by atoms with van der Waals surface area (Å²) in [4.78, 5) is 14.5. The Morgan fingerprint density at radius 1 is 1.24 bits per heavy atom. The van der Waals surface area contributed by atoms with E-state index in [1.807, 2.05) is 4.90 Å². The molecule has 1 N–H and O–H groups in total. The topological polar surface area (TPSA) is 71.2 Å². The fraction of sp³-hybridized carbons (Fsp3) is 0.800. The summed E-state index contributed by atoms with van der Waals surface area (Å²) in [5.74, 6) is 0.461. The Bertz CT molecular complexity index is 462. The molecular weight excluding hydrogens is 268 g/mol. The van der Waals surface area contributed by atoms with E-state index in [2.05, 4.69) is 10.3 Å². The second-order valence-electron chi connectivity index (χ2n) is 6.23. The van der Waals surface area contributed by atoms with Crippen molar-refractivity contribution in [2.75, 3.05) is 6.54 Å². The molecule has 1 aromatic heterocycles. The van der Waals surface area contributed by atoms with E-state index in [4.69, 9.17) is 0 Å². The van der Waals surface area contributed by atoms with Crippen LogP contribution in [0.1, 0.15) is 44.9 Å². The molecule has 0 radical (unpaired) electrons. The van der Waals surface area contributed by atoms with Crippen LogP contribution in [0.2, 0.25) is 0 Å². The van der Waals surface area contributed by atoms with Crippen LogP contribution < -0.4 is 0 Å². The summed E-state index contributed by atoms with van der Waals surface area (Å²) in [5, 5.41) is 17.9. The molecule has 3 atom stereocenters. The lowest BCUT2D eigenvalue weighted by Crippen LogP contribution is -2.45. The van der Waals surface area contributed by atoms with Crippen LogP contribution in [0.15, 0.2) is 12.4 Å². The number of aliphatic hydroxyl groups is 1. The molecule has 2 aliphatic rings. The summed E-state index contributed by atoms with van der Waals surface area (Å²) in [7, 11) is 0. The van der Waals surface area contributed by atoms with Crippen molar-refractivity contribution in [2.45, 2.75) is 63.6 Å². The van der Waals surface area contributed by atoms with Gasteiger partial charge >= 0.3 is 0 Å². The van der Waals surface area contributed by atoms with E-state index in [1.54, 1.807) is 17.1 Å². The smallest absolute Gasteiger partial charge is 0.224 e. The van der Waals surface area contributed by atoms with E-state index < -0.39 is 0 Å².